The van der Waals surface area contributed by atoms with Crippen molar-refractivity contribution in [3.05, 3.63) is 28.2 Å². The second-order valence-corrected chi connectivity index (χ2v) is 5.97. The second-order valence-electron chi connectivity index (χ2n) is 5.11. The Morgan fingerprint density at radius 1 is 1.35 bits per heavy atom. The van der Waals surface area contributed by atoms with Gasteiger partial charge in [-0.15, -0.1) is 0 Å². The zero-order chi connectivity index (χ0) is 14.8. The van der Waals surface area contributed by atoms with Crippen LogP contribution in [0.1, 0.15) is 36.0 Å². The fourth-order valence-corrected chi connectivity index (χ4v) is 3.12. The Hall–Kier alpha value is -1.40. The number of halogens is 1. The molecule has 1 aliphatic carbocycles. The number of nitrogens with one attached hydrogen (secondary N) is 1. The monoisotopic (exact) mass is 340 g/mol. The van der Waals surface area contributed by atoms with Crippen molar-refractivity contribution in [1.82, 2.24) is 0 Å². The minimum atomic E-state index is -1.07. The fraction of sp³-hybridized carbons (Fsp3) is 0.429. The summed E-state index contributed by atoms with van der Waals surface area (Å²) < 4.78 is 0.552. The Bertz CT molecular complexity index is 539. The molecule has 0 saturated heterocycles. The predicted molar refractivity (Wildman–Crippen MR) is 79.7 cm³/mol. The lowest BCUT2D eigenvalue weighted by Gasteiger charge is -2.26. The molecule has 108 valence electrons. The highest BCUT2D eigenvalue weighted by Gasteiger charge is 2.40. The third-order valence-corrected chi connectivity index (χ3v) is 4.58. The Morgan fingerprint density at radius 3 is 2.55 bits per heavy atom. The van der Waals surface area contributed by atoms with Gasteiger partial charge in [0.15, 0.2) is 0 Å². The number of nitrogens with two attached hydrogens (primary N) is 1. The van der Waals surface area contributed by atoms with Gasteiger partial charge in [-0.3, -0.25) is 4.79 Å². The molecular formula is C14H17BrN2O3. The number of hydrogen-bond acceptors (Lipinski definition) is 3. The predicted octanol–water partition coefficient (Wildman–Crippen LogP) is 2.60. The van der Waals surface area contributed by atoms with Crippen LogP contribution in [0.2, 0.25) is 0 Å². The molecule has 0 heterocycles. The molecule has 0 aliphatic heterocycles. The molecule has 0 unspecified atom stereocenters. The van der Waals surface area contributed by atoms with E-state index in [1.807, 2.05) is 0 Å². The van der Waals surface area contributed by atoms with Crippen molar-refractivity contribution in [3.63, 3.8) is 0 Å². The molecule has 4 N–H and O–H groups in total. The van der Waals surface area contributed by atoms with Crippen LogP contribution in [0.15, 0.2) is 22.7 Å². The number of rotatable bonds is 4. The summed E-state index contributed by atoms with van der Waals surface area (Å²) in [6.45, 7) is 0.283. The van der Waals surface area contributed by atoms with Gasteiger partial charge in [0.25, 0.3) is 0 Å². The highest BCUT2D eigenvalue weighted by Crippen LogP contribution is 2.39. The van der Waals surface area contributed by atoms with Crippen LogP contribution in [-0.4, -0.2) is 23.5 Å². The van der Waals surface area contributed by atoms with E-state index in [0.29, 0.717) is 10.2 Å². The van der Waals surface area contributed by atoms with Crippen LogP contribution in [0.3, 0.4) is 0 Å². The van der Waals surface area contributed by atoms with Gasteiger partial charge in [-0.25, -0.2) is 4.79 Å². The lowest BCUT2D eigenvalue weighted by atomic mass is 9.85. The van der Waals surface area contributed by atoms with E-state index in [1.54, 1.807) is 12.1 Å². The number of anilines is 1. The molecular weight excluding hydrogens is 324 g/mol. The standard InChI is InChI=1S/C14H17BrN2O3/c15-10-5-3-4-9(12(18)19)11(10)17-13(20)14(8-16)6-1-2-7-14/h3-5H,1-2,6-8,16H2,(H,17,20)(H,18,19). The first-order valence-electron chi connectivity index (χ1n) is 6.53. The van der Waals surface area contributed by atoms with E-state index in [2.05, 4.69) is 21.2 Å². The van der Waals surface area contributed by atoms with E-state index >= 15 is 0 Å². The number of carbonyl (C=O) groups excluding carboxylic acids is 1. The summed E-state index contributed by atoms with van der Waals surface area (Å²) in [6, 6.07) is 4.79. The maximum atomic E-state index is 12.5. The molecule has 1 aromatic carbocycles. The van der Waals surface area contributed by atoms with Crippen LogP contribution < -0.4 is 11.1 Å². The van der Waals surface area contributed by atoms with Crippen molar-refractivity contribution in [2.45, 2.75) is 25.7 Å². The molecule has 0 atom stereocenters. The maximum Gasteiger partial charge on any atom is 0.337 e. The van der Waals surface area contributed by atoms with Gasteiger partial charge in [-0.1, -0.05) is 18.9 Å². The molecule has 1 aliphatic rings. The Kier molecular flexibility index (Phi) is 4.45. The van der Waals surface area contributed by atoms with E-state index in [4.69, 9.17) is 5.73 Å². The van der Waals surface area contributed by atoms with Gasteiger partial charge in [0.2, 0.25) is 5.91 Å². The highest BCUT2D eigenvalue weighted by atomic mass is 79.9. The maximum absolute atomic E-state index is 12.5. The van der Waals surface area contributed by atoms with Gasteiger partial charge >= 0.3 is 5.97 Å². The zero-order valence-corrected chi connectivity index (χ0v) is 12.6. The van der Waals surface area contributed by atoms with Crippen molar-refractivity contribution >= 4 is 33.5 Å². The Labute approximate surface area is 125 Å². The van der Waals surface area contributed by atoms with Crippen molar-refractivity contribution in [1.29, 1.82) is 0 Å². The molecule has 1 fully saturated rings. The minimum Gasteiger partial charge on any atom is -0.478 e. The van der Waals surface area contributed by atoms with Gasteiger partial charge < -0.3 is 16.2 Å². The fourth-order valence-electron chi connectivity index (χ4n) is 2.65. The normalized spacial score (nSPS) is 16.9. The highest BCUT2D eigenvalue weighted by molar-refractivity contribution is 9.10. The van der Waals surface area contributed by atoms with Crippen molar-refractivity contribution < 1.29 is 14.7 Å². The molecule has 1 amide bonds. The molecule has 1 aromatic rings. The van der Waals surface area contributed by atoms with E-state index in [-0.39, 0.29) is 18.0 Å². The summed E-state index contributed by atoms with van der Waals surface area (Å²) in [4.78, 5) is 23.7. The number of benzene rings is 1. The van der Waals surface area contributed by atoms with Crippen LogP contribution in [0, 0.1) is 5.41 Å². The van der Waals surface area contributed by atoms with Crippen molar-refractivity contribution in [2.75, 3.05) is 11.9 Å². The molecule has 20 heavy (non-hydrogen) atoms. The number of carboxylic acids is 1. The average Bonchev–Trinajstić information content (AvgIpc) is 2.90. The van der Waals surface area contributed by atoms with Crippen LogP contribution >= 0.6 is 15.9 Å². The smallest absolute Gasteiger partial charge is 0.337 e. The summed E-state index contributed by atoms with van der Waals surface area (Å²) in [7, 11) is 0. The molecule has 0 bridgehead atoms. The number of para-hydroxylation sites is 1. The third kappa shape index (κ3) is 2.71. The summed E-state index contributed by atoms with van der Waals surface area (Å²) in [5.41, 5.74) is 5.57. The first kappa shape index (κ1) is 15.0. The van der Waals surface area contributed by atoms with Gasteiger partial charge in [-0.2, -0.15) is 0 Å². The lowest BCUT2D eigenvalue weighted by Crippen LogP contribution is -2.40. The summed E-state index contributed by atoms with van der Waals surface area (Å²) in [6.07, 6.45) is 3.46. The van der Waals surface area contributed by atoms with E-state index in [9.17, 15) is 14.7 Å². The van der Waals surface area contributed by atoms with Crippen molar-refractivity contribution in [2.24, 2.45) is 11.1 Å². The van der Waals surface area contributed by atoms with Crippen LogP contribution in [0.25, 0.3) is 0 Å². The number of aromatic carboxylic acids is 1. The lowest BCUT2D eigenvalue weighted by molar-refractivity contribution is -0.124. The quantitative estimate of drug-likeness (QED) is 0.785. The van der Waals surface area contributed by atoms with E-state index < -0.39 is 11.4 Å². The van der Waals surface area contributed by atoms with Crippen LogP contribution in [0.4, 0.5) is 5.69 Å². The Balaban J connectivity index is 2.30. The van der Waals surface area contributed by atoms with Crippen LogP contribution in [0.5, 0.6) is 0 Å². The minimum absolute atomic E-state index is 0.0675. The summed E-state index contributed by atoms with van der Waals surface area (Å²) in [5.74, 6) is -1.26. The van der Waals surface area contributed by atoms with Gasteiger partial charge in [0.05, 0.1) is 16.7 Å². The number of hydrogen-bond donors (Lipinski definition) is 3. The van der Waals surface area contributed by atoms with Crippen molar-refractivity contribution in [3.8, 4) is 0 Å². The molecule has 0 radical (unpaired) electrons. The van der Waals surface area contributed by atoms with E-state index in [0.717, 1.165) is 25.7 Å². The number of carbonyl (C=O) groups is 2. The second kappa shape index (κ2) is 5.93. The summed E-state index contributed by atoms with van der Waals surface area (Å²) >= 11 is 3.28. The molecule has 0 spiro atoms. The number of carboxylic acid groups (broad SMARTS) is 1. The first-order valence-corrected chi connectivity index (χ1v) is 7.33. The molecule has 1 saturated carbocycles. The van der Waals surface area contributed by atoms with Gasteiger partial charge in [0.1, 0.15) is 0 Å². The topological polar surface area (TPSA) is 92.4 Å². The summed E-state index contributed by atoms with van der Waals surface area (Å²) in [5, 5.41) is 11.9. The molecule has 6 heteroatoms. The van der Waals surface area contributed by atoms with Gasteiger partial charge in [-0.05, 0) is 40.9 Å². The van der Waals surface area contributed by atoms with Gasteiger partial charge in [0, 0.05) is 11.0 Å². The largest absolute Gasteiger partial charge is 0.478 e. The average molecular weight is 341 g/mol. The molecule has 0 aromatic heterocycles. The van der Waals surface area contributed by atoms with Crippen LogP contribution in [-0.2, 0) is 4.79 Å². The molecule has 5 nitrogen and oxygen atoms in total. The molecule has 2 rings (SSSR count). The van der Waals surface area contributed by atoms with E-state index in [1.165, 1.54) is 6.07 Å². The Morgan fingerprint density at radius 2 is 2.00 bits per heavy atom. The third-order valence-electron chi connectivity index (χ3n) is 3.92. The number of amides is 1. The zero-order valence-electron chi connectivity index (χ0n) is 11.0. The SMILES string of the molecule is NCC1(C(=O)Nc2c(Br)cccc2C(=O)O)CCCC1. The first-order chi connectivity index (χ1) is 9.50.